The molecule has 3 aromatic rings. The first-order chi connectivity index (χ1) is 13.4. The monoisotopic (exact) mass is 408 g/mol. The van der Waals surface area contributed by atoms with Crippen molar-refractivity contribution in [2.45, 2.75) is 9.79 Å². The Bertz CT molecular complexity index is 1180. The number of benzene rings is 3. The summed E-state index contributed by atoms with van der Waals surface area (Å²) >= 11 is 0. The summed E-state index contributed by atoms with van der Waals surface area (Å²) in [5.41, 5.74) is 0.646. The third-order valence-corrected chi connectivity index (χ3v) is 8.21. The van der Waals surface area contributed by atoms with Crippen molar-refractivity contribution in [1.82, 2.24) is 0 Å². The van der Waals surface area contributed by atoms with Crippen LogP contribution in [0, 0.1) is 11.8 Å². The first kappa shape index (κ1) is 19.6. The van der Waals surface area contributed by atoms with Crippen LogP contribution in [0.25, 0.3) is 0 Å². The van der Waals surface area contributed by atoms with Crippen LogP contribution in [0.4, 0.5) is 0 Å². The summed E-state index contributed by atoms with van der Waals surface area (Å²) in [6, 6.07) is 23.8. The molecule has 0 aliphatic carbocycles. The molecule has 0 unspecified atom stereocenters. The van der Waals surface area contributed by atoms with Gasteiger partial charge in [0.15, 0.2) is 4.24 Å². The van der Waals surface area contributed by atoms with Gasteiger partial charge < -0.3 is 0 Å². The van der Waals surface area contributed by atoms with E-state index in [1.807, 2.05) is 6.07 Å². The Kier molecular flexibility index (Phi) is 5.78. The van der Waals surface area contributed by atoms with Gasteiger partial charge in [0.05, 0.1) is 9.79 Å². The van der Waals surface area contributed by atoms with E-state index in [4.69, 9.17) is 0 Å². The Labute approximate surface area is 165 Å². The molecule has 3 rings (SSSR count). The number of hydrogen-bond acceptors (Lipinski definition) is 4. The van der Waals surface area contributed by atoms with Gasteiger partial charge in [-0.1, -0.05) is 66.4 Å². The molecule has 0 aliphatic heterocycles. The molecule has 6 heteroatoms. The van der Waals surface area contributed by atoms with Crippen LogP contribution in [0.2, 0.25) is 0 Å². The summed E-state index contributed by atoms with van der Waals surface area (Å²) in [6.07, 6.45) is 0.956. The summed E-state index contributed by atoms with van der Waals surface area (Å²) in [4.78, 5) is -0.218. The molecule has 3 aromatic carbocycles. The lowest BCUT2D eigenvalue weighted by atomic mass is 10.2. The Hall–Kier alpha value is -3.14. The third-order valence-electron chi connectivity index (χ3n) is 3.82. The number of sulfone groups is 2. The summed E-state index contributed by atoms with van der Waals surface area (Å²) in [7, 11) is -8.58. The molecular formula is C22H16O4S2. The Balaban J connectivity index is 2.18. The van der Waals surface area contributed by atoms with Gasteiger partial charge in [0, 0.05) is 11.6 Å². The van der Waals surface area contributed by atoms with Crippen LogP contribution in [0.5, 0.6) is 0 Å². The SMILES string of the molecule is O=S(=O)(C(=CC#Cc1ccccc1)S(=O)(=O)c1ccccc1)c1ccccc1. The van der Waals surface area contributed by atoms with E-state index in [0.717, 1.165) is 6.08 Å². The molecule has 0 spiro atoms. The molecule has 28 heavy (non-hydrogen) atoms. The zero-order valence-electron chi connectivity index (χ0n) is 14.7. The molecule has 0 heterocycles. The Morgan fingerprint density at radius 3 is 1.43 bits per heavy atom. The standard InChI is InChI=1S/C22H16O4S2/c23-27(24,20-14-6-2-7-15-20)22(18-10-13-19-11-4-1-5-12-19)28(25,26)21-16-8-3-9-17-21/h1-9,11-12,14-18H. The molecule has 0 saturated carbocycles. The summed E-state index contributed by atoms with van der Waals surface area (Å²) in [5, 5.41) is 0. The fourth-order valence-electron chi connectivity index (χ4n) is 2.43. The lowest BCUT2D eigenvalue weighted by molar-refractivity contribution is 0.595. The van der Waals surface area contributed by atoms with Crippen molar-refractivity contribution in [3.63, 3.8) is 0 Å². The average molecular weight is 409 g/mol. The van der Waals surface area contributed by atoms with Crippen molar-refractivity contribution < 1.29 is 16.8 Å². The van der Waals surface area contributed by atoms with Gasteiger partial charge in [0.1, 0.15) is 0 Å². The van der Waals surface area contributed by atoms with Gasteiger partial charge >= 0.3 is 0 Å². The van der Waals surface area contributed by atoms with Crippen LogP contribution in [-0.2, 0) is 19.7 Å². The fraction of sp³-hybridized carbons (Fsp3) is 0. The molecule has 0 amide bonds. The van der Waals surface area contributed by atoms with Gasteiger partial charge in [-0.25, -0.2) is 16.8 Å². The summed E-state index contributed by atoms with van der Waals surface area (Å²) in [6.45, 7) is 0. The molecule has 0 radical (unpaired) electrons. The smallest absolute Gasteiger partial charge is 0.218 e. The maximum atomic E-state index is 13.1. The fourth-order valence-corrected chi connectivity index (χ4v) is 6.09. The van der Waals surface area contributed by atoms with Gasteiger partial charge in [-0.15, -0.1) is 0 Å². The molecule has 4 nitrogen and oxygen atoms in total. The minimum Gasteiger partial charge on any atom is -0.218 e. The summed E-state index contributed by atoms with van der Waals surface area (Å²) in [5.74, 6) is 5.35. The van der Waals surface area contributed by atoms with Crippen molar-refractivity contribution in [2.24, 2.45) is 0 Å². The molecule has 0 N–H and O–H groups in total. The van der Waals surface area contributed by atoms with E-state index >= 15 is 0 Å². The lowest BCUT2D eigenvalue weighted by Crippen LogP contribution is -2.15. The van der Waals surface area contributed by atoms with Gasteiger partial charge in [0.25, 0.3) is 0 Å². The van der Waals surface area contributed by atoms with Crippen molar-refractivity contribution in [3.8, 4) is 11.8 Å². The maximum absolute atomic E-state index is 13.1. The van der Waals surface area contributed by atoms with Crippen molar-refractivity contribution in [1.29, 1.82) is 0 Å². The second-order valence-corrected chi connectivity index (χ2v) is 9.83. The Morgan fingerprint density at radius 1 is 0.607 bits per heavy atom. The van der Waals surface area contributed by atoms with Crippen LogP contribution in [0.15, 0.2) is 111 Å². The van der Waals surface area contributed by atoms with Gasteiger partial charge in [-0.05, 0) is 36.4 Å². The molecule has 140 valence electrons. The number of allylic oxidation sites excluding steroid dienone is 1. The predicted octanol–water partition coefficient (Wildman–Crippen LogP) is 3.83. The minimum atomic E-state index is -4.29. The van der Waals surface area contributed by atoms with Crippen LogP contribution in [0.1, 0.15) is 5.56 Å². The molecule has 0 aromatic heterocycles. The van der Waals surface area contributed by atoms with Crippen molar-refractivity contribution in [3.05, 3.63) is 107 Å². The van der Waals surface area contributed by atoms with E-state index in [-0.39, 0.29) is 9.79 Å². The second-order valence-electron chi connectivity index (χ2n) is 5.73. The first-order valence-corrected chi connectivity index (χ1v) is 11.3. The highest BCUT2D eigenvalue weighted by Crippen LogP contribution is 2.28. The second kappa shape index (κ2) is 8.26. The van der Waals surface area contributed by atoms with Gasteiger partial charge in [0.2, 0.25) is 19.7 Å². The van der Waals surface area contributed by atoms with E-state index in [1.165, 1.54) is 48.5 Å². The van der Waals surface area contributed by atoms with Crippen LogP contribution in [-0.4, -0.2) is 16.8 Å². The quantitative estimate of drug-likeness (QED) is 0.616. The topological polar surface area (TPSA) is 68.3 Å². The lowest BCUT2D eigenvalue weighted by Gasteiger charge is -2.10. The molecular weight excluding hydrogens is 392 g/mol. The highest BCUT2D eigenvalue weighted by atomic mass is 32.3. The van der Waals surface area contributed by atoms with Crippen molar-refractivity contribution in [2.75, 3.05) is 0 Å². The van der Waals surface area contributed by atoms with E-state index in [1.54, 1.807) is 36.4 Å². The molecule has 0 bridgehead atoms. The van der Waals surface area contributed by atoms with E-state index in [0.29, 0.717) is 5.56 Å². The third kappa shape index (κ3) is 4.22. The van der Waals surface area contributed by atoms with Crippen molar-refractivity contribution >= 4 is 19.7 Å². The predicted molar refractivity (Wildman–Crippen MR) is 109 cm³/mol. The largest absolute Gasteiger partial charge is 0.218 e. The first-order valence-electron chi connectivity index (χ1n) is 8.29. The average Bonchev–Trinajstić information content (AvgIpc) is 2.73. The van der Waals surface area contributed by atoms with Crippen LogP contribution >= 0.6 is 0 Å². The van der Waals surface area contributed by atoms with E-state index in [2.05, 4.69) is 11.8 Å². The molecule has 0 atom stereocenters. The highest BCUT2D eigenvalue weighted by Gasteiger charge is 2.33. The van der Waals surface area contributed by atoms with E-state index in [9.17, 15) is 16.8 Å². The molecule has 0 saturated heterocycles. The number of hydrogen-bond donors (Lipinski definition) is 0. The zero-order valence-corrected chi connectivity index (χ0v) is 16.3. The zero-order chi connectivity index (χ0) is 20.0. The molecule has 0 aliphatic rings. The number of rotatable bonds is 4. The Morgan fingerprint density at radius 2 is 1.00 bits per heavy atom. The highest BCUT2D eigenvalue weighted by molar-refractivity contribution is 8.14. The minimum absolute atomic E-state index is 0.109. The normalized spacial score (nSPS) is 11.1. The maximum Gasteiger partial charge on any atom is 0.218 e. The van der Waals surface area contributed by atoms with Crippen LogP contribution < -0.4 is 0 Å². The van der Waals surface area contributed by atoms with E-state index < -0.39 is 23.9 Å². The summed E-state index contributed by atoms with van der Waals surface area (Å²) < 4.78 is 51.6. The van der Waals surface area contributed by atoms with Gasteiger partial charge in [-0.3, -0.25) is 0 Å². The van der Waals surface area contributed by atoms with Crippen LogP contribution in [0.3, 0.4) is 0 Å². The molecule has 0 fully saturated rings. The van der Waals surface area contributed by atoms with Gasteiger partial charge in [-0.2, -0.15) is 0 Å².